The summed E-state index contributed by atoms with van der Waals surface area (Å²) in [4.78, 5) is 26.2. The van der Waals surface area contributed by atoms with E-state index in [4.69, 9.17) is 9.47 Å². The molecule has 0 aromatic heterocycles. The number of nitrogens with one attached hydrogen (secondary N) is 2. The van der Waals surface area contributed by atoms with Gasteiger partial charge >= 0.3 is 0 Å². The standard InChI is InChI=1S/C26H30N2O4/c1-31-21-7-3-19(4-8-21)23(29)27-25-12-17-11-18(13-25)15-26(14-17,16-25)28-24(30)20-5-9-22(32-2)10-6-20/h3-10,17-18H,11-16H2,1-2H3,(H,27,29)(H,28,30). The van der Waals surface area contributed by atoms with Gasteiger partial charge in [-0.15, -0.1) is 0 Å². The number of rotatable bonds is 6. The molecule has 0 spiro atoms. The van der Waals surface area contributed by atoms with Crippen LogP contribution in [0.25, 0.3) is 0 Å². The third kappa shape index (κ3) is 3.83. The van der Waals surface area contributed by atoms with E-state index < -0.39 is 0 Å². The van der Waals surface area contributed by atoms with Gasteiger partial charge in [-0.1, -0.05) is 0 Å². The molecule has 0 heterocycles. The van der Waals surface area contributed by atoms with E-state index >= 15 is 0 Å². The summed E-state index contributed by atoms with van der Waals surface area (Å²) in [5.41, 5.74) is 0.762. The van der Waals surface area contributed by atoms with E-state index in [-0.39, 0.29) is 22.9 Å². The molecule has 6 heteroatoms. The number of methoxy groups -OCH3 is 2. The molecule has 4 fully saturated rings. The van der Waals surface area contributed by atoms with Gasteiger partial charge in [0, 0.05) is 22.2 Å². The molecule has 6 nitrogen and oxygen atoms in total. The average Bonchev–Trinajstić information content (AvgIpc) is 2.77. The number of carbonyl (C=O) groups is 2. The lowest BCUT2D eigenvalue weighted by Gasteiger charge is -2.62. The fourth-order valence-corrected chi connectivity index (χ4v) is 6.67. The van der Waals surface area contributed by atoms with Crippen molar-refractivity contribution in [3.05, 3.63) is 59.7 Å². The third-order valence-electron chi connectivity index (χ3n) is 7.52. The van der Waals surface area contributed by atoms with Crippen LogP contribution in [-0.2, 0) is 0 Å². The summed E-state index contributed by atoms with van der Waals surface area (Å²) >= 11 is 0. The van der Waals surface area contributed by atoms with Crippen LogP contribution in [0, 0.1) is 11.8 Å². The van der Waals surface area contributed by atoms with Crippen LogP contribution < -0.4 is 20.1 Å². The minimum absolute atomic E-state index is 0.0498. The molecule has 2 amide bonds. The molecule has 32 heavy (non-hydrogen) atoms. The van der Waals surface area contributed by atoms with Gasteiger partial charge in [0.15, 0.2) is 0 Å². The molecule has 4 bridgehead atoms. The topological polar surface area (TPSA) is 76.7 Å². The summed E-state index contributed by atoms with van der Waals surface area (Å²) in [5, 5.41) is 6.77. The zero-order valence-electron chi connectivity index (χ0n) is 18.6. The SMILES string of the molecule is COc1ccc(C(=O)NC23CC4CC(C2)CC(NC(=O)c2ccc(OC)cc2)(C4)C3)cc1. The number of hydrogen-bond donors (Lipinski definition) is 2. The van der Waals surface area contributed by atoms with Crippen LogP contribution in [-0.4, -0.2) is 37.1 Å². The molecule has 4 aliphatic carbocycles. The number of carbonyl (C=O) groups excluding carboxylic acids is 2. The highest BCUT2D eigenvalue weighted by Gasteiger charge is 2.58. The van der Waals surface area contributed by atoms with E-state index in [1.54, 1.807) is 38.5 Å². The normalized spacial score (nSPS) is 29.9. The minimum atomic E-state index is -0.256. The first kappa shape index (κ1) is 20.9. The fraction of sp³-hybridized carbons (Fsp3) is 0.462. The van der Waals surface area contributed by atoms with E-state index in [1.807, 2.05) is 24.3 Å². The molecule has 0 radical (unpaired) electrons. The highest BCUT2D eigenvalue weighted by atomic mass is 16.5. The Morgan fingerprint density at radius 2 is 1.09 bits per heavy atom. The van der Waals surface area contributed by atoms with Crippen LogP contribution in [0.3, 0.4) is 0 Å². The van der Waals surface area contributed by atoms with Crippen molar-refractivity contribution >= 4 is 11.8 Å². The lowest BCUT2D eigenvalue weighted by atomic mass is 9.49. The summed E-state index contributed by atoms with van der Waals surface area (Å²) in [6.07, 6.45) is 5.95. The van der Waals surface area contributed by atoms with Gasteiger partial charge < -0.3 is 20.1 Å². The number of benzene rings is 2. The van der Waals surface area contributed by atoms with Crippen molar-refractivity contribution in [2.24, 2.45) is 11.8 Å². The van der Waals surface area contributed by atoms with E-state index in [0.717, 1.165) is 43.6 Å². The average molecular weight is 435 g/mol. The van der Waals surface area contributed by atoms with Crippen LogP contribution in [0.4, 0.5) is 0 Å². The molecule has 2 aromatic carbocycles. The van der Waals surface area contributed by atoms with Crippen molar-refractivity contribution in [3.63, 3.8) is 0 Å². The van der Waals surface area contributed by atoms with Crippen LogP contribution >= 0.6 is 0 Å². The van der Waals surface area contributed by atoms with Gasteiger partial charge in [-0.3, -0.25) is 9.59 Å². The minimum Gasteiger partial charge on any atom is -0.497 e. The zero-order chi connectivity index (χ0) is 22.3. The van der Waals surface area contributed by atoms with E-state index in [9.17, 15) is 9.59 Å². The first-order valence-corrected chi connectivity index (χ1v) is 11.3. The van der Waals surface area contributed by atoms with E-state index in [2.05, 4.69) is 10.6 Å². The smallest absolute Gasteiger partial charge is 0.251 e. The Morgan fingerprint density at radius 3 is 1.44 bits per heavy atom. The largest absolute Gasteiger partial charge is 0.497 e. The molecule has 0 saturated heterocycles. The summed E-state index contributed by atoms with van der Waals surface area (Å²) in [5.74, 6) is 2.43. The molecular weight excluding hydrogens is 404 g/mol. The summed E-state index contributed by atoms with van der Waals surface area (Å²) in [6.45, 7) is 0. The quantitative estimate of drug-likeness (QED) is 0.722. The van der Waals surface area contributed by atoms with Crippen LogP contribution in [0.5, 0.6) is 11.5 Å². The number of ether oxygens (including phenoxy) is 2. The van der Waals surface area contributed by atoms with Crippen molar-refractivity contribution < 1.29 is 19.1 Å². The lowest BCUT2D eigenvalue weighted by Crippen LogP contribution is -2.69. The molecule has 168 valence electrons. The zero-order valence-corrected chi connectivity index (χ0v) is 18.6. The Kier molecular flexibility index (Phi) is 5.11. The molecule has 0 aliphatic heterocycles. The van der Waals surface area contributed by atoms with Gasteiger partial charge in [-0.05, 0) is 98.9 Å². The first-order chi connectivity index (χ1) is 15.4. The molecule has 0 atom stereocenters. The van der Waals surface area contributed by atoms with Gasteiger partial charge in [-0.25, -0.2) is 0 Å². The second kappa shape index (κ2) is 7.84. The van der Waals surface area contributed by atoms with Crippen LogP contribution in [0.15, 0.2) is 48.5 Å². The Labute approximate surface area is 188 Å². The molecule has 4 aliphatic rings. The van der Waals surface area contributed by atoms with Gasteiger partial charge in [0.1, 0.15) is 11.5 Å². The molecule has 4 saturated carbocycles. The molecule has 2 N–H and O–H groups in total. The maximum Gasteiger partial charge on any atom is 0.251 e. The van der Waals surface area contributed by atoms with Gasteiger partial charge in [-0.2, -0.15) is 0 Å². The predicted molar refractivity (Wildman–Crippen MR) is 121 cm³/mol. The van der Waals surface area contributed by atoms with E-state index in [0.29, 0.717) is 23.0 Å². The lowest BCUT2D eigenvalue weighted by molar-refractivity contribution is -0.0447. The van der Waals surface area contributed by atoms with Crippen LogP contribution in [0.1, 0.15) is 59.2 Å². The Hall–Kier alpha value is -3.02. The van der Waals surface area contributed by atoms with E-state index in [1.165, 1.54) is 6.42 Å². The Bertz CT molecular complexity index is 922. The Morgan fingerprint density at radius 1 is 0.719 bits per heavy atom. The van der Waals surface area contributed by atoms with Gasteiger partial charge in [0.2, 0.25) is 0 Å². The highest BCUT2D eigenvalue weighted by molar-refractivity contribution is 5.95. The van der Waals surface area contributed by atoms with Crippen molar-refractivity contribution in [3.8, 4) is 11.5 Å². The highest BCUT2D eigenvalue weighted by Crippen LogP contribution is 2.57. The maximum atomic E-state index is 13.1. The summed E-state index contributed by atoms with van der Waals surface area (Å²) in [6, 6.07) is 14.4. The number of amides is 2. The van der Waals surface area contributed by atoms with Gasteiger partial charge in [0.05, 0.1) is 14.2 Å². The first-order valence-electron chi connectivity index (χ1n) is 11.3. The van der Waals surface area contributed by atoms with Crippen molar-refractivity contribution in [2.45, 2.75) is 49.6 Å². The number of hydrogen-bond acceptors (Lipinski definition) is 4. The van der Waals surface area contributed by atoms with Crippen molar-refractivity contribution in [1.82, 2.24) is 10.6 Å². The fourth-order valence-electron chi connectivity index (χ4n) is 6.67. The third-order valence-corrected chi connectivity index (χ3v) is 7.52. The predicted octanol–water partition coefficient (Wildman–Crippen LogP) is 3.96. The van der Waals surface area contributed by atoms with Crippen LogP contribution in [0.2, 0.25) is 0 Å². The van der Waals surface area contributed by atoms with Crippen molar-refractivity contribution in [2.75, 3.05) is 14.2 Å². The maximum absolute atomic E-state index is 13.1. The molecule has 6 rings (SSSR count). The molecule has 2 aromatic rings. The molecular formula is C26H30N2O4. The second-order valence-electron chi connectivity index (χ2n) is 9.89. The summed E-state index contributed by atoms with van der Waals surface area (Å²) in [7, 11) is 3.23. The summed E-state index contributed by atoms with van der Waals surface area (Å²) < 4.78 is 10.4. The van der Waals surface area contributed by atoms with Crippen molar-refractivity contribution in [1.29, 1.82) is 0 Å². The second-order valence-corrected chi connectivity index (χ2v) is 9.89. The Balaban J connectivity index is 1.34. The molecule has 0 unspecified atom stereocenters. The monoisotopic (exact) mass is 434 g/mol. The van der Waals surface area contributed by atoms with Gasteiger partial charge in [0.25, 0.3) is 11.8 Å².